The summed E-state index contributed by atoms with van der Waals surface area (Å²) in [5.41, 5.74) is 0.191. The van der Waals surface area contributed by atoms with E-state index >= 15 is 0 Å². The predicted octanol–water partition coefficient (Wildman–Crippen LogP) is 2.70. The van der Waals surface area contributed by atoms with Crippen molar-refractivity contribution in [3.05, 3.63) is 56.9 Å². The highest BCUT2D eigenvalue weighted by molar-refractivity contribution is 7.22. The molecule has 0 saturated heterocycles. The molecule has 1 N–H and O–H groups in total. The lowest BCUT2D eigenvalue weighted by Gasteiger charge is -1.98. The monoisotopic (exact) mass is 291 g/mol. The molecule has 6 nitrogen and oxygen atoms in total. The van der Waals surface area contributed by atoms with Crippen LogP contribution in [-0.4, -0.2) is 14.9 Å². The number of nitro groups is 1. The van der Waals surface area contributed by atoms with Gasteiger partial charge in [0.25, 0.3) is 11.2 Å². The number of aromatic nitrogens is 2. The van der Waals surface area contributed by atoms with Crippen LogP contribution in [0.15, 0.2) is 35.4 Å². The van der Waals surface area contributed by atoms with Gasteiger partial charge in [0.15, 0.2) is 0 Å². The SMILES string of the molecule is O=c1[nH]cnc2cc(-c3cc(F)cc([N+](=O)[O-])c3)sc12. The standard InChI is InChI=1S/C12H6FN3O3S/c13-7-1-6(2-8(3-7)16(18)19)10-4-9-11(20-10)12(17)15-5-14-9/h1-5H,(H,14,15,17). The maximum absolute atomic E-state index is 13.4. The summed E-state index contributed by atoms with van der Waals surface area (Å²) in [6.07, 6.45) is 1.27. The first kappa shape index (κ1) is 12.4. The van der Waals surface area contributed by atoms with E-state index in [9.17, 15) is 19.3 Å². The van der Waals surface area contributed by atoms with Gasteiger partial charge in [-0.15, -0.1) is 11.3 Å². The zero-order chi connectivity index (χ0) is 14.3. The van der Waals surface area contributed by atoms with E-state index in [1.807, 2.05) is 0 Å². The van der Waals surface area contributed by atoms with E-state index in [2.05, 4.69) is 9.97 Å². The molecule has 0 atom stereocenters. The van der Waals surface area contributed by atoms with Crippen molar-refractivity contribution in [2.24, 2.45) is 0 Å². The first-order valence-corrected chi connectivity index (χ1v) is 6.29. The number of rotatable bonds is 2. The fourth-order valence-electron chi connectivity index (χ4n) is 1.83. The quantitative estimate of drug-likeness (QED) is 0.580. The summed E-state index contributed by atoms with van der Waals surface area (Å²) in [5.74, 6) is -0.700. The van der Waals surface area contributed by atoms with Crippen molar-refractivity contribution < 1.29 is 9.31 Å². The molecule has 0 saturated carbocycles. The van der Waals surface area contributed by atoms with E-state index in [0.29, 0.717) is 20.7 Å². The minimum absolute atomic E-state index is 0.294. The van der Waals surface area contributed by atoms with Crippen LogP contribution in [0.4, 0.5) is 10.1 Å². The Bertz CT molecular complexity index is 887. The van der Waals surface area contributed by atoms with E-state index < -0.39 is 10.7 Å². The number of thiophene rings is 1. The third kappa shape index (κ3) is 2.05. The van der Waals surface area contributed by atoms with Crippen LogP contribution in [0.1, 0.15) is 0 Å². The molecule has 100 valence electrons. The van der Waals surface area contributed by atoms with E-state index in [0.717, 1.165) is 17.4 Å². The minimum Gasteiger partial charge on any atom is -0.312 e. The van der Waals surface area contributed by atoms with Gasteiger partial charge in [0.05, 0.1) is 22.8 Å². The fraction of sp³-hybridized carbons (Fsp3) is 0. The number of fused-ring (bicyclic) bond motifs is 1. The van der Waals surface area contributed by atoms with Gasteiger partial charge in [-0.1, -0.05) is 0 Å². The smallest absolute Gasteiger partial charge is 0.273 e. The van der Waals surface area contributed by atoms with Crippen LogP contribution in [0, 0.1) is 15.9 Å². The van der Waals surface area contributed by atoms with Crippen LogP contribution >= 0.6 is 11.3 Å². The molecule has 0 aliphatic rings. The average molecular weight is 291 g/mol. The van der Waals surface area contributed by atoms with Gasteiger partial charge >= 0.3 is 0 Å². The van der Waals surface area contributed by atoms with Gasteiger partial charge in [0.2, 0.25) is 0 Å². The van der Waals surface area contributed by atoms with Gasteiger partial charge in [-0.25, -0.2) is 9.37 Å². The molecule has 1 aromatic carbocycles. The number of hydrogen-bond acceptors (Lipinski definition) is 5. The Morgan fingerprint density at radius 3 is 2.80 bits per heavy atom. The molecule has 0 bridgehead atoms. The van der Waals surface area contributed by atoms with E-state index in [1.165, 1.54) is 18.5 Å². The lowest BCUT2D eigenvalue weighted by molar-refractivity contribution is -0.385. The predicted molar refractivity (Wildman–Crippen MR) is 72.3 cm³/mol. The third-order valence-corrected chi connectivity index (χ3v) is 3.87. The molecule has 0 amide bonds. The number of benzene rings is 1. The van der Waals surface area contributed by atoms with Crippen molar-refractivity contribution in [3.63, 3.8) is 0 Å². The van der Waals surface area contributed by atoms with Crippen molar-refractivity contribution >= 4 is 27.2 Å². The zero-order valence-corrected chi connectivity index (χ0v) is 10.6. The number of H-pyrrole nitrogens is 1. The zero-order valence-electron chi connectivity index (χ0n) is 9.79. The molecule has 0 spiro atoms. The van der Waals surface area contributed by atoms with Crippen LogP contribution < -0.4 is 5.56 Å². The second kappa shape index (κ2) is 4.49. The van der Waals surface area contributed by atoms with Crippen molar-refractivity contribution in [1.82, 2.24) is 9.97 Å². The van der Waals surface area contributed by atoms with Crippen molar-refractivity contribution in [2.75, 3.05) is 0 Å². The molecule has 0 radical (unpaired) electrons. The molecule has 0 aliphatic heterocycles. The van der Waals surface area contributed by atoms with Crippen molar-refractivity contribution in [1.29, 1.82) is 0 Å². The summed E-state index contributed by atoms with van der Waals surface area (Å²) in [6.45, 7) is 0. The number of halogens is 1. The summed E-state index contributed by atoms with van der Waals surface area (Å²) in [5, 5.41) is 10.7. The summed E-state index contributed by atoms with van der Waals surface area (Å²) in [4.78, 5) is 28.7. The first-order valence-electron chi connectivity index (χ1n) is 5.47. The van der Waals surface area contributed by atoms with Crippen LogP contribution in [-0.2, 0) is 0 Å². The summed E-state index contributed by atoms with van der Waals surface area (Å²) < 4.78 is 13.8. The molecule has 2 heterocycles. The molecule has 20 heavy (non-hydrogen) atoms. The van der Waals surface area contributed by atoms with Crippen molar-refractivity contribution in [3.8, 4) is 10.4 Å². The molecule has 8 heteroatoms. The fourth-order valence-corrected chi connectivity index (χ4v) is 2.82. The Morgan fingerprint density at radius 2 is 2.10 bits per heavy atom. The van der Waals surface area contributed by atoms with Gasteiger partial charge in [-0.3, -0.25) is 14.9 Å². The molecular formula is C12H6FN3O3S. The highest BCUT2D eigenvalue weighted by Crippen LogP contribution is 2.33. The average Bonchev–Trinajstić information content (AvgIpc) is 2.83. The lowest BCUT2D eigenvalue weighted by atomic mass is 10.1. The lowest BCUT2D eigenvalue weighted by Crippen LogP contribution is -2.02. The van der Waals surface area contributed by atoms with Crippen molar-refractivity contribution in [2.45, 2.75) is 0 Å². The minimum atomic E-state index is -0.700. The first-order chi connectivity index (χ1) is 9.54. The molecular weight excluding hydrogens is 285 g/mol. The molecule has 0 unspecified atom stereocenters. The normalized spacial score (nSPS) is 10.8. The van der Waals surface area contributed by atoms with Gasteiger partial charge in [-0.2, -0.15) is 0 Å². The molecule has 0 aliphatic carbocycles. The van der Waals surface area contributed by atoms with E-state index in [1.54, 1.807) is 6.07 Å². The topological polar surface area (TPSA) is 88.9 Å². The van der Waals surface area contributed by atoms with Crippen LogP contribution in [0.3, 0.4) is 0 Å². The Kier molecular flexibility index (Phi) is 2.79. The third-order valence-electron chi connectivity index (χ3n) is 2.70. The second-order valence-electron chi connectivity index (χ2n) is 4.01. The molecule has 0 fully saturated rings. The Labute approximate surface area is 114 Å². The highest BCUT2D eigenvalue weighted by Gasteiger charge is 2.14. The maximum Gasteiger partial charge on any atom is 0.273 e. The maximum atomic E-state index is 13.4. The summed E-state index contributed by atoms with van der Waals surface area (Å²) in [7, 11) is 0. The number of nitrogens with one attached hydrogen (secondary N) is 1. The van der Waals surface area contributed by atoms with Gasteiger partial charge < -0.3 is 4.98 Å². The van der Waals surface area contributed by atoms with Gasteiger partial charge in [0.1, 0.15) is 10.5 Å². The Morgan fingerprint density at radius 1 is 1.30 bits per heavy atom. The summed E-state index contributed by atoms with van der Waals surface area (Å²) in [6, 6.07) is 4.91. The molecule has 3 aromatic rings. The highest BCUT2D eigenvalue weighted by atomic mass is 32.1. The van der Waals surface area contributed by atoms with Gasteiger partial charge in [0, 0.05) is 16.5 Å². The number of nitrogens with zero attached hydrogens (tertiary/aromatic N) is 2. The number of hydrogen-bond donors (Lipinski definition) is 1. The second-order valence-corrected chi connectivity index (χ2v) is 5.06. The molecule has 3 rings (SSSR count). The molecule has 2 aromatic heterocycles. The van der Waals surface area contributed by atoms with Crippen LogP contribution in [0.2, 0.25) is 0 Å². The van der Waals surface area contributed by atoms with E-state index in [-0.39, 0.29) is 11.2 Å². The van der Waals surface area contributed by atoms with Gasteiger partial charge in [-0.05, 0) is 12.1 Å². The van der Waals surface area contributed by atoms with Crippen LogP contribution in [0.25, 0.3) is 20.7 Å². The number of non-ortho nitro benzene ring substituents is 1. The number of nitro benzene ring substituents is 1. The Hall–Kier alpha value is -2.61. The Balaban J connectivity index is 2.23. The van der Waals surface area contributed by atoms with E-state index in [4.69, 9.17) is 0 Å². The number of aromatic amines is 1. The van der Waals surface area contributed by atoms with Crippen LogP contribution in [0.5, 0.6) is 0 Å². The largest absolute Gasteiger partial charge is 0.312 e. The summed E-state index contributed by atoms with van der Waals surface area (Å²) >= 11 is 1.11.